The highest BCUT2D eigenvalue weighted by Gasteiger charge is 2.21. The molecule has 1 unspecified atom stereocenters. The number of aryl methyl sites for hydroxylation is 1. The van der Waals surface area contributed by atoms with Crippen molar-refractivity contribution in [1.82, 2.24) is 5.32 Å². The van der Waals surface area contributed by atoms with E-state index in [2.05, 4.69) is 23.2 Å². The van der Waals surface area contributed by atoms with E-state index < -0.39 is 0 Å². The first-order valence-corrected chi connectivity index (χ1v) is 6.86. The Morgan fingerprint density at radius 2 is 2.33 bits per heavy atom. The summed E-state index contributed by atoms with van der Waals surface area (Å²) in [6.07, 6.45) is 1.38. The van der Waals surface area contributed by atoms with E-state index in [0.29, 0.717) is 6.10 Å². The van der Waals surface area contributed by atoms with Crippen LogP contribution >= 0.6 is 11.6 Å². The predicted molar refractivity (Wildman–Crippen MR) is 76.7 cm³/mol. The second-order valence-electron chi connectivity index (χ2n) is 4.76. The molecule has 0 aliphatic carbocycles. The fraction of sp³-hybridized carbons (Fsp3) is 0.571. The summed E-state index contributed by atoms with van der Waals surface area (Å²) in [5.41, 5.74) is 2.51. The fourth-order valence-corrected chi connectivity index (χ4v) is 2.62. The van der Waals surface area contributed by atoms with Crippen molar-refractivity contribution in [3.8, 4) is 0 Å². The molecule has 4 heteroatoms. The largest absolute Gasteiger partial charge is 0.374 e. The molecule has 1 saturated heterocycles. The third-order valence-corrected chi connectivity index (χ3v) is 3.59. The van der Waals surface area contributed by atoms with Crippen LogP contribution in [0.3, 0.4) is 0 Å². The van der Waals surface area contributed by atoms with Crippen LogP contribution in [0.15, 0.2) is 18.2 Å². The summed E-state index contributed by atoms with van der Waals surface area (Å²) in [5.74, 6) is 0. The van der Waals surface area contributed by atoms with Gasteiger partial charge in [0.2, 0.25) is 0 Å². The Labute approximate surface area is 114 Å². The first kappa shape index (κ1) is 13.7. The van der Waals surface area contributed by atoms with Gasteiger partial charge in [-0.2, -0.15) is 0 Å². The normalized spacial score (nSPS) is 20.2. The number of nitrogens with one attached hydrogen (secondary N) is 1. The van der Waals surface area contributed by atoms with Gasteiger partial charge in [-0.15, -0.1) is 0 Å². The van der Waals surface area contributed by atoms with Gasteiger partial charge in [0, 0.05) is 23.8 Å². The second kappa shape index (κ2) is 6.41. The number of rotatable bonds is 4. The second-order valence-corrected chi connectivity index (χ2v) is 5.20. The van der Waals surface area contributed by atoms with E-state index in [4.69, 9.17) is 16.3 Å². The van der Waals surface area contributed by atoms with Gasteiger partial charge >= 0.3 is 0 Å². The molecule has 1 aliphatic rings. The van der Waals surface area contributed by atoms with Gasteiger partial charge in [0.05, 0.1) is 12.7 Å². The number of anilines is 1. The molecule has 2 rings (SSSR count). The average Bonchev–Trinajstić information content (AvgIpc) is 2.36. The number of hydrogen-bond acceptors (Lipinski definition) is 3. The smallest absolute Gasteiger partial charge is 0.0762 e. The minimum absolute atomic E-state index is 0.321. The van der Waals surface area contributed by atoms with Crippen LogP contribution in [0, 0.1) is 6.92 Å². The number of morpholine rings is 1. The Morgan fingerprint density at radius 3 is 3.06 bits per heavy atom. The first-order valence-electron chi connectivity index (χ1n) is 6.48. The molecule has 1 N–H and O–H groups in total. The zero-order valence-corrected chi connectivity index (χ0v) is 11.8. The predicted octanol–water partition coefficient (Wildman–Crippen LogP) is 2.46. The third kappa shape index (κ3) is 3.37. The van der Waals surface area contributed by atoms with Gasteiger partial charge in [0.1, 0.15) is 0 Å². The van der Waals surface area contributed by atoms with Crippen molar-refractivity contribution in [2.75, 3.05) is 38.2 Å². The summed E-state index contributed by atoms with van der Waals surface area (Å²) in [4.78, 5) is 2.40. The third-order valence-electron chi connectivity index (χ3n) is 3.35. The standard InChI is InChI=1S/C14H21ClN2O/c1-11-9-12(15)3-4-14(11)17-7-8-18-13(10-17)5-6-16-2/h3-4,9,13,16H,5-8,10H2,1-2H3. The van der Waals surface area contributed by atoms with Crippen LogP contribution in [-0.4, -0.2) is 39.4 Å². The lowest BCUT2D eigenvalue weighted by molar-refractivity contribution is 0.0357. The minimum atomic E-state index is 0.321. The molecule has 0 amide bonds. The Bertz CT molecular complexity index is 397. The van der Waals surface area contributed by atoms with E-state index in [0.717, 1.165) is 37.7 Å². The molecule has 1 aromatic rings. The highest BCUT2D eigenvalue weighted by Crippen LogP contribution is 2.25. The summed E-state index contributed by atoms with van der Waals surface area (Å²) < 4.78 is 5.79. The van der Waals surface area contributed by atoms with Crippen LogP contribution in [0.1, 0.15) is 12.0 Å². The Hall–Kier alpha value is -0.770. The van der Waals surface area contributed by atoms with Crippen LogP contribution in [0.25, 0.3) is 0 Å². The molecule has 0 aromatic heterocycles. The highest BCUT2D eigenvalue weighted by atomic mass is 35.5. The molecule has 1 atom stereocenters. The molecule has 1 heterocycles. The summed E-state index contributed by atoms with van der Waals surface area (Å²) in [5, 5.41) is 3.97. The van der Waals surface area contributed by atoms with E-state index in [-0.39, 0.29) is 0 Å². The van der Waals surface area contributed by atoms with Gasteiger partial charge < -0.3 is 15.0 Å². The van der Waals surface area contributed by atoms with Crippen molar-refractivity contribution >= 4 is 17.3 Å². The molecule has 1 aromatic carbocycles. The quantitative estimate of drug-likeness (QED) is 0.908. The van der Waals surface area contributed by atoms with Crippen LogP contribution in [0.5, 0.6) is 0 Å². The Balaban J connectivity index is 2.03. The maximum atomic E-state index is 6.00. The molecule has 0 spiro atoms. The molecule has 3 nitrogen and oxygen atoms in total. The average molecular weight is 269 g/mol. The van der Waals surface area contributed by atoms with Crippen molar-refractivity contribution < 1.29 is 4.74 Å². The lowest BCUT2D eigenvalue weighted by atomic mass is 10.1. The molecule has 1 aliphatic heterocycles. The monoisotopic (exact) mass is 268 g/mol. The van der Waals surface area contributed by atoms with Gasteiger partial charge in [-0.25, -0.2) is 0 Å². The lowest BCUT2D eigenvalue weighted by Crippen LogP contribution is -2.43. The van der Waals surface area contributed by atoms with Gasteiger partial charge in [-0.1, -0.05) is 11.6 Å². The molecule has 0 radical (unpaired) electrons. The molecule has 100 valence electrons. The van der Waals surface area contributed by atoms with Crippen molar-refractivity contribution in [2.45, 2.75) is 19.4 Å². The van der Waals surface area contributed by atoms with E-state index >= 15 is 0 Å². The number of ether oxygens (including phenoxy) is 1. The van der Waals surface area contributed by atoms with Crippen molar-refractivity contribution in [3.05, 3.63) is 28.8 Å². The van der Waals surface area contributed by atoms with Gasteiger partial charge in [0.15, 0.2) is 0 Å². The lowest BCUT2D eigenvalue weighted by Gasteiger charge is -2.35. The molecule has 0 bridgehead atoms. The summed E-state index contributed by atoms with van der Waals surface area (Å²) in [6, 6.07) is 6.09. The molecular formula is C14H21ClN2O. The van der Waals surface area contributed by atoms with Gasteiger partial charge in [-0.05, 0) is 50.7 Å². The molecular weight excluding hydrogens is 248 g/mol. The van der Waals surface area contributed by atoms with Crippen molar-refractivity contribution in [3.63, 3.8) is 0 Å². The SMILES string of the molecule is CNCCC1CN(c2ccc(Cl)cc2C)CCO1. The van der Waals surface area contributed by atoms with Crippen LogP contribution in [0.2, 0.25) is 5.02 Å². The number of benzene rings is 1. The summed E-state index contributed by atoms with van der Waals surface area (Å²) >= 11 is 6.00. The molecule has 18 heavy (non-hydrogen) atoms. The molecule has 1 fully saturated rings. The zero-order chi connectivity index (χ0) is 13.0. The van der Waals surface area contributed by atoms with Crippen molar-refractivity contribution in [2.24, 2.45) is 0 Å². The highest BCUT2D eigenvalue weighted by molar-refractivity contribution is 6.30. The van der Waals surface area contributed by atoms with Gasteiger partial charge in [-0.3, -0.25) is 0 Å². The summed E-state index contributed by atoms with van der Waals surface area (Å²) in [7, 11) is 1.98. The van der Waals surface area contributed by atoms with E-state index in [1.165, 1.54) is 11.3 Å². The first-order chi connectivity index (χ1) is 8.70. The topological polar surface area (TPSA) is 24.5 Å². The van der Waals surface area contributed by atoms with E-state index in [1.54, 1.807) is 0 Å². The summed E-state index contributed by atoms with van der Waals surface area (Å²) in [6.45, 7) is 5.83. The van der Waals surface area contributed by atoms with Crippen LogP contribution in [0.4, 0.5) is 5.69 Å². The maximum absolute atomic E-state index is 6.00. The van der Waals surface area contributed by atoms with E-state index in [1.807, 2.05) is 19.2 Å². The number of halogens is 1. The molecule has 0 saturated carbocycles. The fourth-order valence-electron chi connectivity index (χ4n) is 2.39. The van der Waals surface area contributed by atoms with Gasteiger partial charge in [0.25, 0.3) is 0 Å². The van der Waals surface area contributed by atoms with Crippen LogP contribution < -0.4 is 10.2 Å². The van der Waals surface area contributed by atoms with Crippen molar-refractivity contribution in [1.29, 1.82) is 0 Å². The van der Waals surface area contributed by atoms with E-state index in [9.17, 15) is 0 Å². The zero-order valence-electron chi connectivity index (χ0n) is 11.1. The number of nitrogens with zero attached hydrogens (tertiary/aromatic N) is 1. The minimum Gasteiger partial charge on any atom is -0.374 e. The van der Waals surface area contributed by atoms with Crippen LogP contribution in [-0.2, 0) is 4.74 Å². The Kier molecular flexibility index (Phi) is 4.87. The Morgan fingerprint density at radius 1 is 1.50 bits per heavy atom. The number of hydrogen-bond donors (Lipinski definition) is 1. The maximum Gasteiger partial charge on any atom is 0.0762 e.